The number of anilines is 1. The highest BCUT2D eigenvalue weighted by Gasteiger charge is 2.12. The zero-order valence-electron chi connectivity index (χ0n) is 11.4. The summed E-state index contributed by atoms with van der Waals surface area (Å²) in [5.41, 5.74) is 2.61. The number of aryl methyl sites for hydroxylation is 1. The van der Waals surface area contributed by atoms with E-state index in [1.807, 2.05) is 37.1 Å². The van der Waals surface area contributed by atoms with Gasteiger partial charge in [-0.25, -0.2) is 4.98 Å². The summed E-state index contributed by atoms with van der Waals surface area (Å²) in [5, 5.41) is 8.87. The fraction of sp³-hybridized carbons (Fsp3) is 0.429. The Kier molecular flexibility index (Phi) is 3.74. The summed E-state index contributed by atoms with van der Waals surface area (Å²) in [4.78, 5) is 17.1. The van der Waals surface area contributed by atoms with Gasteiger partial charge in [-0.15, -0.1) is 0 Å². The summed E-state index contributed by atoms with van der Waals surface area (Å²) >= 11 is 0. The lowest BCUT2D eigenvalue weighted by Crippen LogP contribution is -2.22. The minimum atomic E-state index is -0.754. The van der Waals surface area contributed by atoms with Crippen LogP contribution in [0.25, 0.3) is 11.1 Å². The molecule has 0 aliphatic rings. The Hall–Kier alpha value is -2.04. The molecule has 1 aromatic heterocycles. The van der Waals surface area contributed by atoms with Gasteiger partial charge in [-0.05, 0) is 24.6 Å². The molecule has 0 aliphatic heterocycles. The van der Waals surface area contributed by atoms with Crippen LogP contribution in [0, 0.1) is 12.8 Å². The molecule has 2 rings (SSSR count). The SMILES string of the molecule is Cc1nc2cc(N(C)CCC(C)C(=O)O)ccc2o1. The molecule has 2 aromatic rings. The molecule has 5 nitrogen and oxygen atoms in total. The van der Waals surface area contributed by atoms with Gasteiger partial charge in [0.05, 0.1) is 5.92 Å². The van der Waals surface area contributed by atoms with Crippen LogP contribution in [-0.4, -0.2) is 29.7 Å². The van der Waals surface area contributed by atoms with Crippen LogP contribution in [0.4, 0.5) is 5.69 Å². The van der Waals surface area contributed by atoms with Crippen molar-refractivity contribution in [1.29, 1.82) is 0 Å². The Morgan fingerprint density at radius 2 is 2.26 bits per heavy atom. The van der Waals surface area contributed by atoms with Crippen LogP contribution in [0.2, 0.25) is 0 Å². The van der Waals surface area contributed by atoms with E-state index in [0.717, 1.165) is 16.8 Å². The van der Waals surface area contributed by atoms with Gasteiger partial charge in [-0.2, -0.15) is 0 Å². The third kappa shape index (κ3) is 3.05. The third-order valence-electron chi connectivity index (χ3n) is 3.24. The van der Waals surface area contributed by atoms with E-state index in [-0.39, 0.29) is 5.92 Å². The number of aromatic nitrogens is 1. The van der Waals surface area contributed by atoms with Crippen LogP contribution in [0.3, 0.4) is 0 Å². The zero-order valence-corrected chi connectivity index (χ0v) is 11.4. The fourth-order valence-corrected chi connectivity index (χ4v) is 1.91. The van der Waals surface area contributed by atoms with Gasteiger partial charge in [0.1, 0.15) is 5.52 Å². The number of fused-ring (bicyclic) bond motifs is 1. The standard InChI is InChI=1S/C14H18N2O3/c1-9(14(17)18)6-7-16(3)11-4-5-13-12(8-11)15-10(2)19-13/h4-5,8-9H,6-7H2,1-3H3,(H,17,18). The summed E-state index contributed by atoms with van der Waals surface area (Å²) in [6.07, 6.45) is 0.613. The first-order valence-corrected chi connectivity index (χ1v) is 6.28. The van der Waals surface area contributed by atoms with Crippen molar-refractivity contribution in [2.45, 2.75) is 20.3 Å². The normalized spacial score (nSPS) is 12.6. The highest BCUT2D eigenvalue weighted by molar-refractivity contribution is 5.77. The summed E-state index contributed by atoms with van der Waals surface area (Å²) in [5.74, 6) is -0.439. The van der Waals surface area contributed by atoms with Crippen LogP contribution in [-0.2, 0) is 4.79 Å². The van der Waals surface area contributed by atoms with Crippen molar-refractivity contribution in [2.75, 3.05) is 18.5 Å². The van der Waals surface area contributed by atoms with E-state index in [9.17, 15) is 4.79 Å². The minimum Gasteiger partial charge on any atom is -0.481 e. The van der Waals surface area contributed by atoms with Gasteiger partial charge in [0, 0.05) is 26.2 Å². The molecule has 1 heterocycles. The second-order valence-corrected chi connectivity index (χ2v) is 4.83. The Balaban J connectivity index is 2.08. The van der Waals surface area contributed by atoms with E-state index in [1.54, 1.807) is 6.92 Å². The first kappa shape index (κ1) is 13.4. The predicted octanol–water partition coefficient (Wildman–Crippen LogP) is 2.68. The molecule has 1 aromatic carbocycles. The van der Waals surface area contributed by atoms with Crippen molar-refractivity contribution in [3.05, 3.63) is 24.1 Å². The smallest absolute Gasteiger partial charge is 0.306 e. The Bertz CT molecular complexity index is 591. The lowest BCUT2D eigenvalue weighted by atomic mass is 10.1. The van der Waals surface area contributed by atoms with E-state index >= 15 is 0 Å². The van der Waals surface area contributed by atoms with E-state index in [4.69, 9.17) is 9.52 Å². The Morgan fingerprint density at radius 3 is 2.95 bits per heavy atom. The van der Waals surface area contributed by atoms with Gasteiger partial charge in [0.15, 0.2) is 11.5 Å². The van der Waals surface area contributed by atoms with Crippen molar-refractivity contribution >= 4 is 22.8 Å². The molecule has 0 amide bonds. The van der Waals surface area contributed by atoms with Crippen LogP contribution in [0.15, 0.2) is 22.6 Å². The van der Waals surface area contributed by atoms with Gasteiger partial charge in [0.2, 0.25) is 0 Å². The molecule has 0 radical (unpaired) electrons. The maximum Gasteiger partial charge on any atom is 0.306 e. The molecule has 0 saturated heterocycles. The second-order valence-electron chi connectivity index (χ2n) is 4.83. The van der Waals surface area contributed by atoms with Crippen LogP contribution in [0.5, 0.6) is 0 Å². The molecule has 102 valence electrons. The van der Waals surface area contributed by atoms with Crippen LogP contribution >= 0.6 is 0 Å². The molecular weight excluding hydrogens is 244 g/mol. The van der Waals surface area contributed by atoms with Crippen molar-refractivity contribution in [1.82, 2.24) is 4.98 Å². The summed E-state index contributed by atoms with van der Waals surface area (Å²) < 4.78 is 5.42. The molecule has 1 unspecified atom stereocenters. The number of rotatable bonds is 5. The summed E-state index contributed by atoms with van der Waals surface area (Å²) in [6, 6.07) is 5.80. The molecule has 1 atom stereocenters. The fourth-order valence-electron chi connectivity index (χ4n) is 1.91. The Labute approximate surface area is 111 Å². The van der Waals surface area contributed by atoms with E-state index in [0.29, 0.717) is 18.9 Å². The topological polar surface area (TPSA) is 66.6 Å². The average molecular weight is 262 g/mol. The number of carbonyl (C=O) groups is 1. The number of nitrogens with zero attached hydrogens (tertiary/aromatic N) is 2. The number of carboxylic acid groups (broad SMARTS) is 1. The minimum absolute atomic E-state index is 0.333. The maximum absolute atomic E-state index is 10.8. The largest absolute Gasteiger partial charge is 0.481 e. The highest BCUT2D eigenvalue weighted by atomic mass is 16.4. The number of benzene rings is 1. The molecule has 0 saturated carbocycles. The van der Waals surface area contributed by atoms with E-state index in [2.05, 4.69) is 4.98 Å². The molecular formula is C14H18N2O3. The Morgan fingerprint density at radius 1 is 1.53 bits per heavy atom. The molecule has 0 fully saturated rings. The second kappa shape index (κ2) is 5.30. The number of hydrogen-bond acceptors (Lipinski definition) is 4. The van der Waals surface area contributed by atoms with Gasteiger partial charge in [0.25, 0.3) is 0 Å². The van der Waals surface area contributed by atoms with Crippen molar-refractivity contribution in [3.63, 3.8) is 0 Å². The molecule has 1 N–H and O–H groups in total. The van der Waals surface area contributed by atoms with Gasteiger partial charge in [-0.1, -0.05) is 6.92 Å². The molecule has 0 spiro atoms. The van der Waals surface area contributed by atoms with E-state index < -0.39 is 5.97 Å². The maximum atomic E-state index is 10.8. The van der Waals surface area contributed by atoms with Gasteiger partial charge in [-0.3, -0.25) is 4.79 Å². The molecule has 19 heavy (non-hydrogen) atoms. The van der Waals surface area contributed by atoms with Crippen molar-refractivity contribution in [3.8, 4) is 0 Å². The quantitative estimate of drug-likeness (QED) is 0.897. The van der Waals surface area contributed by atoms with Crippen molar-refractivity contribution in [2.24, 2.45) is 5.92 Å². The molecule has 0 bridgehead atoms. The van der Waals surface area contributed by atoms with Crippen molar-refractivity contribution < 1.29 is 14.3 Å². The third-order valence-corrected chi connectivity index (χ3v) is 3.24. The van der Waals surface area contributed by atoms with E-state index in [1.165, 1.54) is 0 Å². The number of aliphatic carboxylic acids is 1. The average Bonchev–Trinajstić information content (AvgIpc) is 2.74. The highest BCUT2D eigenvalue weighted by Crippen LogP contribution is 2.22. The first-order chi connectivity index (χ1) is 8.97. The lowest BCUT2D eigenvalue weighted by Gasteiger charge is -2.20. The number of oxazole rings is 1. The van der Waals surface area contributed by atoms with Crippen LogP contribution in [0.1, 0.15) is 19.2 Å². The monoisotopic (exact) mass is 262 g/mol. The molecule has 0 aliphatic carbocycles. The number of hydrogen-bond donors (Lipinski definition) is 1. The zero-order chi connectivity index (χ0) is 14.0. The summed E-state index contributed by atoms with van der Waals surface area (Å²) in [6.45, 7) is 4.23. The van der Waals surface area contributed by atoms with Crippen LogP contribution < -0.4 is 4.90 Å². The predicted molar refractivity (Wildman–Crippen MR) is 73.4 cm³/mol. The van der Waals surface area contributed by atoms with Gasteiger partial charge < -0.3 is 14.4 Å². The molecule has 5 heteroatoms. The first-order valence-electron chi connectivity index (χ1n) is 6.28. The number of carboxylic acids is 1. The lowest BCUT2D eigenvalue weighted by molar-refractivity contribution is -0.141. The van der Waals surface area contributed by atoms with Gasteiger partial charge >= 0.3 is 5.97 Å². The summed E-state index contributed by atoms with van der Waals surface area (Å²) in [7, 11) is 1.95.